The number of hydrazone groups is 1. The maximum absolute atomic E-state index is 12.4. The van der Waals surface area contributed by atoms with Crippen molar-refractivity contribution in [2.75, 3.05) is 5.75 Å². The van der Waals surface area contributed by atoms with Gasteiger partial charge in [0.2, 0.25) is 0 Å². The fourth-order valence-electron chi connectivity index (χ4n) is 3.51. The number of hydrogen-bond donors (Lipinski definition) is 1. The van der Waals surface area contributed by atoms with E-state index in [1.165, 1.54) is 17.3 Å². The number of aryl methyl sites for hydroxylation is 1. The number of thioether (sulfide) groups is 1. The van der Waals surface area contributed by atoms with Crippen LogP contribution in [0.15, 0.2) is 77.0 Å². The van der Waals surface area contributed by atoms with Gasteiger partial charge in [-0.25, -0.2) is 5.43 Å². The molecule has 3 aromatic carbocycles. The summed E-state index contributed by atoms with van der Waals surface area (Å²) in [5.74, 6) is 0.829. The predicted octanol–water partition coefficient (Wildman–Crippen LogP) is 5.06. The zero-order chi connectivity index (χ0) is 22.5. The number of benzene rings is 3. The van der Waals surface area contributed by atoms with Gasteiger partial charge in [0.05, 0.1) is 11.5 Å². The molecule has 4 rings (SSSR count). The first-order chi connectivity index (χ1) is 15.6. The number of hydrogen-bond acceptors (Lipinski definition) is 5. The molecule has 0 unspecified atom stereocenters. The van der Waals surface area contributed by atoms with E-state index in [2.05, 4.69) is 58.0 Å². The summed E-state index contributed by atoms with van der Waals surface area (Å²) in [6, 6.07) is 22.4. The van der Waals surface area contributed by atoms with E-state index >= 15 is 0 Å². The predicted molar refractivity (Wildman–Crippen MR) is 131 cm³/mol. The number of carbonyl (C=O) groups is 1. The molecule has 0 atom stereocenters. The third kappa shape index (κ3) is 4.73. The minimum atomic E-state index is -0.183. The largest absolute Gasteiger partial charge is 0.302 e. The van der Waals surface area contributed by atoms with Crippen molar-refractivity contribution < 1.29 is 4.79 Å². The topological polar surface area (TPSA) is 72.2 Å². The minimum absolute atomic E-state index is 0.183. The Labute approximate surface area is 191 Å². The molecule has 162 valence electrons. The molecule has 0 aliphatic carbocycles. The van der Waals surface area contributed by atoms with E-state index in [0.717, 1.165) is 40.0 Å². The molecule has 1 heterocycles. The molecule has 7 heteroatoms. The smallest absolute Gasteiger partial charge is 0.250 e. The molecule has 0 fully saturated rings. The lowest BCUT2D eigenvalue weighted by molar-refractivity contribution is -0.118. The van der Waals surface area contributed by atoms with Gasteiger partial charge in [0.15, 0.2) is 11.0 Å². The maximum atomic E-state index is 12.4. The van der Waals surface area contributed by atoms with Crippen molar-refractivity contribution in [2.45, 2.75) is 32.5 Å². The summed E-state index contributed by atoms with van der Waals surface area (Å²) in [6.07, 6.45) is 0. The van der Waals surface area contributed by atoms with Gasteiger partial charge < -0.3 is 4.57 Å². The molecule has 1 N–H and O–H groups in total. The third-order valence-electron chi connectivity index (χ3n) is 5.20. The number of nitrogens with zero attached hydrogens (tertiary/aromatic N) is 4. The summed E-state index contributed by atoms with van der Waals surface area (Å²) >= 11 is 1.36. The summed E-state index contributed by atoms with van der Waals surface area (Å²) < 4.78 is 2.02. The number of fused-ring (bicyclic) bond motifs is 1. The number of aromatic nitrogens is 3. The van der Waals surface area contributed by atoms with Crippen molar-refractivity contribution in [3.8, 4) is 11.4 Å². The molecular formula is C25H25N5OS. The SMILES string of the molecule is CCn1c(SCC(=O)N/N=C(\C)c2cccc3ccccc23)nnc1-c1ccc(C)cc1. The summed E-state index contributed by atoms with van der Waals surface area (Å²) in [7, 11) is 0. The van der Waals surface area contributed by atoms with Crippen LogP contribution in [0.25, 0.3) is 22.2 Å². The number of nitrogens with one attached hydrogen (secondary N) is 1. The molecule has 32 heavy (non-hydrogen) atoms. The highest BCUT2D eigenvalue weighted by atomic mass is 32.2. The molecule has 1 aromatic heterocycles. The van der Waals surface area contributed by atoms with Crippen LogP contribution in [0.4, 0.5) is 0 Å². The van der Waals surface area contributed by atoms with E-state index < -0.39 is 0 Å². The summed E-state index contributed by atoms with van der Waals surface area (Å²) in [5, 5.41) is 15.9. The van der Waals surface area contributed by atoms with E-state index in [9.17, 15) is 4.79 Å². The molecule has 4 aromatic rings. The van der Waals surface area contributed by atoms with Crippen molar-refractivity contribution in [2.24, 2.45) is 5.10 Å². The second-order valence-corrected chi connectivity index (χ2v) is 8.41. The molecule has 0 bridgehead atoms. The van der Waals surface area contributed by atoms with Crippen LogP contribution in [0.1, 0.15) is 25.0 Å². The first-order valence-corrected chi connectivity index (χ1v) is 11.5. The second kappa shape index (κ2) is 9.78. The van der Waals surface area contributed by atoms with Crippen LogP contribution in [0.3, 0.4) is 0 Å². The minimum Gasteiger partial charge on any atom is -0.302 e. The zero-order valence-electron chi connectivity index (χ0n) is 18.4. The highest BCUT2D eigenvalue weighted by Crippen LogP contribution is 2.24. The number of carbonyl (C=O) groups excluding carboxylic acids is 1. The number of rotatable bonds is 7. The molecule has 0 aliphatic heterocycles. The van der Waals surface area contributed by atoms with Gasteiger partial charge in [0.1, 0.15) is 0 Å². The lowest BCUT2D eigenvalue weighted by Gasteiger charge is -2.08. The van der Waals surface area contributed by atoms with Crippen LogP contribution in [0, 0.1) is 6.92 Å². The van der Waals surface area contributed by atoms with Crippen molar-refractivity contribution >= 4 is 34.2 Å². The van der Waals surface area contributed by atoms with Gasteiger partial charge >= 0.3 is 0 Å². The summed E-state index contributed by atoms with van der Waals surface area (Å²) in [6.45, 7) is 6.72. The Bertz CT molecular complexity index is 1270. The first kappa shape index (κ1) is 21.8. The van der Waals surface area contributed by atoms with E-state index in [-0.39, 0.29) is 11.7 Å². The van der Waals surface area contributed by atoms with Crippen LogP contribution < -0.4 is 5.43 Å². The Kier molecular flexibility index (Phi) is 6.66. The number of amides is 1. The van der Waals surface area contributed by atoms with E-state index in [4.69, 9.17) is 0 Å². The summed E-state index contributed by atoms with van der Waals surface area (Å²) in [5.41, 5.74) is 6.64. The van der Waals surface area contributed by atoms with Gasteiger partial charge in [0, 0.05) is 17.7 Å². The quantitative estimate of drug-likeness (QED) is 0.246. The molecular weight excluding hydrogens is 418 g/mol. The summed E-state index contributed by atoms with van der Waals surface area (Å²) in [4.78, 5) is 12.4. The third-order valence-corrected chi connectivity index (χ3v) is 6.17. The van der Waals surface area contributed by atoms with Crippen molar-refractivity contribution in [3.63, 3.8) is 0 Å². The van der Waals surface area contributed by atoms with E-state index in [1.807, 2.05) is 54.8 Å². The fourth-order valence-corrected chi connectivity index (χ4v) is 4.30. The van der Waals surface area contributed by atoms with Gasteiger partial charge in [-0.1, -0.05) is 84.1 Å². The Morgan fingerprint density at radius 3 is 2.56 bits per heavy atom. The molecule has 0 saturated carbocycles. The fraction of sp³-hybridized carbons (Fsp3) is 0.200. The zero-order valence-corrected chi connectivity index (χ0v) is 19.2. The van der Waals surface area contributed by atoms with Crippen LogP contribution in [0.5, 0.6) is 0 Å². The Morgan fingerprint density at radius 2 is 1.78 bits per heavy atom. The Balaban J connectivity index is 1.42. The highest BCUT2D eigenvalue weighted by Gasteiger charge is 2.14. The van der Waals surface area contributed by atoms with Crippen LogP contribution in [0.2, 0.25) is 0 Å². The van der Waals surface area contributed by atoms with Crippen LogP contribution >= 0.6 is 11.8 Å². The maximum Gasteiger partial charge on any atom is 0.250 e. The van der Waals surface area contributed by atoms with E-state index in [1.54, 1.807) is 0 Å². The molecule has 0 aliphatic rings. The molecule has 1 amide bonds. The molecule has 0 spiro atoms. The monoisotopic (exact) mass is 443 g/mol. The van der Waals surface area contributed by atoms with Gasteiger partial charge in [-0.05, 0) is 31.5 Å². The van der Waals surface area contributed by atoms with Crippen molar-refractivity contribution in [3.05, 3.63) is 77.9 Å². The first-order valence-electron chi connectivity index (χ1n) is 10.5. The average molecular weight is 444 g/mol. The average Bonchev–Trinajstić information content (AvgIpc) is 3.24. The second-order valence-electron chi connectivity index (χ2n) is 7.46. The molecule has 0 radical (unpaired) electrons. The van der Waals surface area contributed by atoms with Crippen molar-refractivity contribution in [1.82, 2.24) is 20.2 Å². The van der Waals surface area contributed by atoms with Gasteiger partial charge in [-0.3, -0.25) is 4.79 Å². The van der Waals surface area contributed by atoms with Crippen LogP contribution in [-0.2, 0) is 11.3 Å². The molecule has 6 nitrogen and oxygen atoms in total. The lowest BCUT2D eigenvalue weighted by atomic mass is 10.0. The standard InChI is InChI=1S/C25H25N5OS/c1-4-30-24(20-14-12-17(2)13-15-20)28-29-25(30)32-16-23(31)27-26-18(3)21-11-7-9-19-8-5-6-10-22(19)21/h5-15H,4,16H2,1-3H3,(H,27,31)/b26-18+. The lowest BCUT2D eigenvalue weighted by Crippen LogP contribution is -2.21. The van der Waals surface area contributed by atoms with Gasteiger partial charge in [0.25, 0.3) is 5.91 Å². The van der Waals surface area contributed by atoms with E-state index in [0.29, 0.717) is 5.16 Å². The van der Waals surface area contributed by atoms with Crippen LogP contribution in [-0.4, -0.2) is 32.1 Å². The van der Waals surface area contributed by atoms with Gasteiger partial charge in [-0.2, -0.15) is 5.10 Å². The molecule has 0 saturated heterocycles. The van der Waals surface area contributed by atoms with Gasteiger partial charge in [-0.15, -0.1) is 10.2 Å². The Hall–Kier alpha value is -3.45. The Morgan fingerprint density at radius 1 is 1.03 bits per heavy atom. The van der Waals surface area contributed by atoms with Crippen molar-refractivity contribution in [1.29, 1.82) is 0 Å². The normalized spacial score (nSPS) is 11.7. The highest BCUT2D eigenvalue weighted by molar-refractivity contribution is 7.99.